The number of alkyl halides is 3. The lowest BCUT2D eigenvalue weighted by atomic mass is 10.1. The predicted molar refractivity (Wildman–Crippen MR) is 112 cm³/mol. The summed E-state index contributed by atoms with van der Waals surface area (Å²) >= 11 is 0. The van der Waals surface area contributed by atoms with E-state index in [-0.39, 0.29) is 0 Å². The third kappa shape index (κ3) is 7.41. The highest BCUT2D eigenvalue weighted by atomic mass is 19.4. The van der Waals surface area contributed by atoms with E-state index in [0.29, 0.717) is 18.1 Å². The first-order valence-electron chi connectivity index (χ1n) is 10.5. The lowest BCUT2D eigenvalue weighted by molar-refractivity contribution is -0.137. The molecule has 0 saturated heterocycles. The molecular weight excluding hydrogens is 391 g/mol. The molecular formula is C24H28F3NO2. The number of benzene rings is 2. The first-order chi connectivity index (χ1) is 14.5. The van der Waals surface area contributed by atoms with E-state index in [1.54, 1.807) is 12.1 Å². The van der Waals surface area contributed by atoms with Crippen LogP contribution in [0, 0.1) is 0 Å². The Morgan fingerprint density at radius 3 is 2.03 bits per heavy atom. The summed E-state index contributed by atoms with van der Waals surface area (Å²) in [7, 11) is 0. The SMILES string of the molecule is FC(F)(F)c1ccc(Oc2ccc(OCCCCCCN3CC=CCC3)cc2)cc1. The average Bonchev–Trinajstić information content (AvgIpc) is 2.75. The molecule has 6 heteroatoms. The summed E-state index contributed by atoms with van der Waals surface area (Å²) in [5.41, 5.74) is -0.692. The number of unbranched alkanes of at least 4 members (excludes halogenated alkanes) is 3. The second-order valence-electron chi connectivity index (χ2n) is 7.42. The van der Waals surface area contributed by atoms with Gasteiger partial charge in [-0.2, -0.15) is 13.2 Å². The van der Waals surface area contributed by atoms with Crippen LogP contribution in [0.25, 0.3) is 0 Å². The summed E-state index contributed by atoms with van der Waals surface area (Å²) in [6.45, 7) is 4.11. The van der Waals surface area contributed by atoms with E-state index in [4.69, 9.17) is 9.47 Å². The molecule has 0 bridgehead atoms. The number of halogens is 3. The third-order valence-electron chi connectivity index (χ3n) is 5.02. The van der Waals surface area contributed by atoms with Crippen molar-refractivity contribution in [2.45, 2.75) is 38.3 Å². The molecule has 0 N–H and O–H groups in total. The van der Waals surface area contributed by atoms with Gasteiger partial charge in [-0.1, -0.05) is 25.0 Å². The Hall–Kier alpha value is -2.47. The van der Waals surface area contributed by atoms with Gasteiger partial charge in [0, 0.05) is 13.1 Å². The molecule has 2 aromatic carbocycles. The van der Waals surface area contributed by atoms with Gasteiger partial charge in [0.1, 0.15) is 17.2 Å². The monoisotopic (exact) mass is 419 g/mol. The molecule has 0 aromatic heterocycles. The van der Waals surface area contributed by atoms with Gasteiger partial charge in [-0.15, -0.1) is 0 Å². The average molecular weight is 419 g/mol. The zero-order valence-electron chi connectivity index (χ0n) is 17.0. The first kappa shape index (κ1) is 22.2. The summed E-state index contributed by atoms with van der Waals surface area (Å²) < 4.78 is 49.1. The largest absolute Gasteiger partial charge is 0.494 e. The van der Waals surface area contributed by atoms with Gasteiger partial charge in [-0.25, -0.2) is 0 Å². The Kier molecular flexibility index (Phi) is 8.20. The van der Waals surface area contributed by atoms with Gasteiger partial charge >= 0.3 is 6.18 Å². The van der Waals surface area contributed by atoms with Crippen LogP contribution in [-0.4, -0.2) is 31.1 Å². The van der Waals surface area contributed by atoms with Crippen molar-refractivity contribution in [2.24, 2.45) is 0 Å². The van der Waals surface area contributed by atoms with Crippen molar-refractivity contribution in [1.29, 1.82) is 0 Å². The van der Waals surface area contributed by atoms with E-state index in [1.807, 2.05) is 12.1 Å². The quantitative estimate of drug-likeness (QED) is 0.316. The highest BCUT2D eigenvalue weighted by Crippen LogP contribution is 2.31. The summed E-state index contributed by atoms with van der Waals surface area (Å²) in [6.07, 6.45) is 5.93. The topological polar surface area (TPSA) is 21.7 Å². The maximum atomic E-state index is 12.6. The molecule has 0 fully saturated rings. The molecule has 2 aromatic rings. The Balaban J connectivity index is 1.31. The van der Waals surface area contributed by atoms with Crippen molar-refractivity contribution in [2.75, 3.05) is 26.2 Å². The van der Waals surface area contributed by atoms with E-state index in [9.17, 15) is 13.2 Å². The van der Waals surface area contributed by atoms with Crippen LogP contribution in [0.4, 0.5) is 13.2 Å². The molecule has 0 amide bonds. The zero-order valence-corrected chi connectivity index (χ0v) is 17.0. The van der Waals surface area contributed by atoms with E-state index in [0.717, 1.165) is 37.3 Å². The highest BCUT2D eigenvalue weighted by Gasteiger charge is 2.30. The van der Waals surface area contributed by atoms with Crippen LogP contribution in [-0.2, 0) is 6.18 Å². The van der Waals surface area contributed by atoms with Gasteiger partial charge in [0.2, 0.25) is 0 Å². The molecule has 162 valence electrons. The number of nitrogens with zero attached hydrogens (tertiary/aromatic N) is 1. The lowest BCUT2D eigenvalue weighted by Gasteiger charge is -2.22. The second-order valence-corrected chi connectivity index (χ2v) is 7.42. The molecule has 1 aliphatic rings. The molecule has 0 atom stereocenters. The van der Waals surface area contributed by atoms with Crippen molar-refractivity contribution in [3.8, 4) is 17.2 Å². The number of rotatable bonds is 10. The smallest absolute Gasteiger partial charge is 0.416 e. The van der Waals surface area contributed by atoms with Gasteiger partial charge in [0.25, 0.3) is 0 Å². The van der Waals surface area contributed by atoms with Crippen molar-refractivity contribution in [1.82, 2.24) is 4.90 Å². The van der Waals surface area contributed by atoms with Crippen molar-refractivity contribution >= 4 is 0 Å². The third-order valence-corrected chi connectivity index (χ3v) is 5.02. The van der Waals surface area contributed by atoms with Gasteiger partial charge < -0.3 is 9.47 Å². The summed E-state index contributed by atoms with van der Waals surface area (Å²) in [5, 5.41) is 0. The minimum atomic E-state index is -4.34. The predicted octanol–water partition coefficient (Wildman–Crippen LogP) is 6.70. The van der Waals surface area contributed by atoms with Crippen LogP contribution in [0.3, 0.4) is 0 Å². The van der Waals surface area contributed by atoms with E-state index >= 15 is 0 Å². The Morgan fingerprint density at radius 1 is 0.767 bits per heavy atom. The molecule has 0 unspecified atom stereocenters. The molecule has 3 rings (SSSR count). The van der Waals surface area contributed by atoms with Crippen LogP contribution in [0.15, 0.2) is 60.7 Å². The van der Waals surface area contributed by atoms with Crippen LogP contribution in [0.5, 0.6) is 17.2 Å². The van der Waals surface area contributed by atoms with Gasteiger partial charge in [0.15, 0.2) is 0 Å². The molecule has 0 spiro atoms. The van der Waals surface area contributed by atoms with Gasteiger partial charge in [-0.05, 0) is 74.3 Å². The van der Waals surface area contributed by atoms with Crippen LogP contribution < -0.4 is 9.47 Å². The minimum Gasteiger partial charge on any atom is -0.494 e. The minimum absolute atomic E-state index is 0.359. The van der Waals surface area contributed by atoms with Crippen LogP contribution in [0.2, 0.25) is 0 Å². The maximum absolute atomic E-state index is 12.6. The van der Waals surface area contributed by atoms with Crippen molar-refractivity contribution in [3.05, 3.63) is 66.2 Å². The Morgan fingerprint density at radius 2 is 1.40 bits per heavy atom. The molecule has 1 heterocycles. The molecule has 1 aliphatic heterocycles. The first-order valence-corrected chi connectivity index (χ1v) is 10.5. The lowest BCUT2D eigenvalue weighted by Crippen LogP contribution is -2.28. The fourth-order valence-electron chi connectivity index (χ4n) is 3.33. The highest BCUT2D eigenvalue weighted by molar-refractivity contribution is 5.36. The van der Waals surface area contributed by atoms with E-state index in [2.05, 4.69) is 17.1 Å². The summed E-state index contributed by atoms with van der Waals surface area (Å²) in [6, 6.07) is 11.8. The second kappa shape index (κ2) is 11.1. The normalized spacial score (nSPS) is 14.6. The molecule has 3 nitrogen and oxygen atoms in total. The summed E-state index contributed by atoms with van der Waals surface area (Å²) in [4.78, 5) is 2.49. The van der Waals surface area contributed by atoms with Crippen molar-refractivity contribution in [3.63, 3.8) is 0 Å². The fourth-order valence-corrected chi connectivity index (χ4v) is 3.33. The molecule has 30 heavy (non-hydrogen) atoms. The van der Waals surface area contributed by atoms with Crippen LogP contribution in [0.1, 0.15) is 37.7 Å². The summed E-state index contributed by atoms with van der Waals surface area (Å²) in [5.74, 6) is 1.67. The fraction of sp³-hybridized carbons (Fsp3) is 0.417. The van der Waals surface area contributed by atoms with E-state index < -0.39 is 11.7 Å². The Bertz CT molecular complexity index is 786. The number of hydrogen-bond donors (Lipinski definition) is 0. The molecule has 0 aliphatic carbocycles. The number of ether oxygens (including phenoxy) is 2. The van der Waals surface area contributed by atoms with Crippen molar-refractivity contribution < 1.29 is 22.6 Å². The van der Waals surface area contributed by atoms with Crippen LogP contribution >= 0.6 is 0 Å². The Labute approximate surface area is 176 Å². The zero-order chi connectivity index (χ0) is 21.2. The standard InChI is InChI=1S/C24H28F3NO2/c25-24(26,27)20-8-10-22(11-9-20)30-23-14-12-21(13-15-23)29-19-7-2-1-4-16-28-17-5-3-6-18-28/h3,5,8-15H,1-2,4,6-7,16-19H2. The molecule has 0 saturated carbocycles. The number of hydrogen-bond acceptors (Lipinski definition) is 3. The molecule has 0 radical (unpaired) electrons. The maximum Gasteiger partial charge on any atom is 0.416 e. The van der Waals surface area contributed by atoms with Gasteiger partial charge in [0.05, 0.1) is 12.2 Å². The van der Waals surface area contributed by atoms with E-state index in [1.165, 1.54) is 44.5 Å². The van der Waals surface area contributed by atoms with Gasteiger partial charge in [-0.3, -0.25) is 4.90 Å².